The van der Waals surface area contributed by atoms with Gasteiger partial charge in [0.15, 0.2) is 6.61 Å². The van der Waals surface area contributed by atoms with Gasteiger partial charge in [-0.1, -0.05) is 51.5 Å². The van der Waals surface area contributed by atoms with Crippen molar-refractivity contribution in [2.45, 2.75) is 96.5 Å². The van der Waals surface area contributed by atoms with Crippen LogP contribution >= 0.6 is 0 Å². The fourth-order valence-electron chi connectivity index (χ4n) is 7.09. The normalized spacial score (nSPS) is 41.5. The Labute approximate surface area is 221 Å². The van der Waals surface area contributed by atoms with Gasteiger partial charge >= 0.3 is 5.97 Å². The summed E-state index contributed by atoms with van der Waals surface area (Å²) >= 11 is 0. The molecule has 1 saturated heterocycles. The Balaban J connectivity index is 1.60. The summed E-state index contributed by atoms with van der Waals surface area (Å²) < 4.78 is 42.3. The molecule has 0 amide bonds. The van der Waals surface area contributed by atoms with Gasteiger partial charge in [-0.05, 0) is 68.9 Å². The minimum atomic E-state index is -4.12. The summed E-state index contributed by atoms with van der Waals surface area (Å²) in [7, 11) is -4.12. The number of carbonyl (C=O) groups is 1. The van der Waals surface area contributed by atoms with E-state index in [2.05, 4.69) is 34.3 Å². The van der Waals surface area contributed by atoms with Crippen molar-refractivity contribution in [1.29, 1.82) is 0 Å². The second-order valence-corrected chi connectivity index (χ2v) is 13.9. The number of aliphatic hydroxyl groups is 1. The average Bonchev–Trinajstić information content (AvgIpc) is 3.56. The molecule has 9 atom stereocenters. The van der Waals surface area contributed by atoms with E-state index in [0.29, 0.717) is 0 Å². The fraction of sp³-hybridized carbons (Fsp3) is 0.690. The molecule has 4 rings (SSSR count). The Bertz CT molecular complexity index is 1130. The molecule has 1 aromatic carbocycles. The minimum absolute atomic E-state index is 0.0188. The number of hydrogen-bond acceptors (Lipinski definition) is 7. The first kappa shape index (κ1) is 28.3. The summed E-state index contributed by atoms with van der Waals surface area (Å²) in [6.45, 7) is 15.5. The van der Waals surface area contributed by atoms with Gasteiger partial charge in [-0.25, -0.2) is 4.79 Å². The van der Waals surface area contributed by atoms with Gasteiger partial charge in [-0.2, -0.15) is 8.42 Å². The van der Waals surface area contributed by atoms with Gasteiger partial charge in [-0.15, -0.1) is 6.58 Å². The zero-order valence-corrected chi connectivity index (χ0v) is 23.7. The molecule has 1 heterocycles. The number of ether oxygens (including phenoxy) is 2. The van der Waals surface area contributed by atoms with Crippen LogP contribution in [0.1, 0.15) is 65.9 Å². The molecule has 3 aliphatic rings. The number of fused-ring (bicyclic) bond motifs is 2. The predicted molar refractivity (Wildman–Crippen MR) is 140 cm³/mol. The lowest BCUT2D eigenvalue weighted by molar-refractivity contribution is -0.179. The Morgan fingerprint density at radius 1 is 1.22 bits per heavy atom. The van der Waals surface area contributed by atoms with Gasteiger partial charge < -0.3 is 14.6 Å². The lowest BCUT2D eigenvalue weighted by Crippen LogP contribution is -2.54. The molecule has 8 heteroatoms. The molecule has 1 N–H and O–H groups in total. The first-order valence-electron chi connectivity index (χ1n) is 13.3. The van der Waals surface area contributed by atoms with E-state index in [1.165, 1.54) is 12.1 Å². The third kappa shape index (κ3) is 5.02. The SMILES string of the molecule is C=C[C@]1(C)[C@@H](OC(=O)COS(=O)(=O)c2ccc(C)cc2)[C@@]2(C)C[C@](CC3OC3C)(CCC2C)[C@@H](C)[C@@H]1O. The van der Waals surface area contributed by atoms with Crippen LogP contribution in [0.4, 0.5) is 0 Å². The van der Waals surface area contributed by atoms with Crippen LogP contribution in [0.2, 0.25) is 0 Å². The Hall–Kier alpha value is -1.74. The van der Waals surface area contributed by atoms with Gasteiger partial charge in [0, 0.05) is 10.8 Å². The highest BCUT2D eigenvalue weighted by atomic mass is 32.2. The van der Waals surface area contributed by atoms with Gasteiger partial charge in [0.2, 0.25) is 0 Å². The molecule has 2 saturated carbocycles. The number of epoxide rings is 1. The van der Waals surface area contributed by atoms with Crippen LogP contribution in [0.3, 0.4) is 0 Å². The van der Waals surface area contributed by atoms with E-state index in [0.717, 1.165) is 31.2 Å². The van der Waals surface area contributed by atoms with E-state index < -0.39 is 45.7 Å². The summed E-state index contributed by atoms with van der Waals surface area (Å²) in [6, 6.07) is 6.23. The van der Waals surface area contributed by atoms with E-state index >= 15 is 0 Å². The highest BCUT2D eigenvalue weighted by Crippen LogP contribution is 2.65. The van der Waals surface area contributed by atoms with E-state index in [1.54, 1.807) is 18.2 Å². The summed E-state index contributed by atoms with van der Waals surface area (Å²) in [6.07, 6.45) is 4.15. The molecule has 0 spiro atoms. The first-order valence-corrected chi connectivity index (χ1v) is 14.7. The zero-order valence-electron chi connectivity index (χ0n) is 22.9. The fourth-order valence-corrected chi connectivity index (χ4v) is 7.95. The van der Waals surface area contributed by atoms with Crippen LogP contribution in [-0.4, -0.2) is 50.5 Å². The van der Waals surface area contributed by atoms with Crippen LogP contribution < -0.4 is 0 Å². The van der Waals surface area contributed by atoms with Crippen molar-refractivity contribution in [1.82, 2.24) is 0 Å². The number of hydrogen-bond donors (Lipinski definition) is 1. The molecular weight excluding hydrogens is 492 g/mol. The molecule has 2 bridgehead atoms. The van der Waals surface area contributed by atoms with E-state index in [-0.39, 0.29) is 34.4 Å². The van der Waals surface area contributed by atoms with Crippen LogP contribution in [0.25, 0.3) is 0 Å². The Kier molecular flexibility index (Phi) is 7.47. The molecular formula is C29H42O7S. The zero-order chi connectivity index (χ0) is 27.4. The van der Waals surface area contributed by atoms with E-state index in [4.69, 9.17) is 13.7 Å². The van der Waals surface area contributed by atoms with Crippen molar-refractivity contribution in [3.8, 4) is 0 Å². The number of aryl methyl sites for hydroxylation is 1. The van der Waals surface area contributed by atoms with Crippen LogP contribution in [-0.2, 0) is 28.6 Å². The molecule has 2 aliphatic carbocycles. The van der Waals surface area contributed by atoms with Gasteiger partial charge in [0.25, 0.3) is 10.1 Å². The molecule has 1 aliphatic heterocycles. The van der Waals surface area contributed by atoms with Gasteiger partial charge in [0.1, 0.15) is 6.10 Å². The summed E-state index contributed by atoms with van der Waals surface area (Å²) in [5.41, 5.74) is -0.642. The molecule has 3 unspecified atom stereocenters. The molecule has 0 aromatic heterocycles. The maximum atomic E-state index is 13.1. The Morgan fingerprint density at radius 2 is 1.84 bits per heavy atom. The third-order valence-corrected chi connectivity index (χ3v) is 11.2. The van der Waals surface area contributed by atoms with E-state index in [9.17, 15) is 18.3 Å². The topological polar surface area (TPSA) is 102 Å². The standard InChI is InChI=1S/C29H42O7S/c1-8-27(6)25(31)20(4)29(15-23-21(5)35-23)14-13-19(3)28(7,17-29)26(27)36-24(30)16-34-37(32,33)22-11-9-18(2)10-12-22/h8-12,19-21,23,25-26,31H,1,13-17H2,2-7H3/t19?,20-,21?,23?,25-,26+,27-,28-,29+/m0/s1. The largest absolute Gasteiger partial charge is 0.459 e. The molecule has 1 aromatic rings. The number of benzene rings is 1. The minimum Gasteiger partial charge on any atom is -0.459 e. The highest BCUT2D eigenvalue weighted by Gasteiger charge is 2.65. The van der Waals surface area contributed by atoms with Crippen LogP contribution in [0, 0.1) is 35.0 Å². The Morgan fingerprint density at radius 3 is 2.41 bits per heavy atom. The smallest absolute Gasteiger partial charge is 0.333 e. The summed E-state index contributed by atoms with van der Waals surface area (Å²) in [5.74, 6) is -0.634. The van der Waals surface area contributed by atoms with Gasteiger partial charge in [-0.3, -0.25) is 4.18 Å². The number of carbonyl (C=O) groups excluding carboxylic acids is 1. The van der Waals surface area contributed by atoms with Crippen LogP contribution in [0.5, 0.6) is 0 Å². The maximum absolute atomic E-state index is 13.1. The number of aliphatic hydroxyl groups excluding tert-OH is 1. The second-order valence-electron chi connectivity index (χ2n) is 12.3. The molecule has 37 heavy (non-hydrogen) atoms. The van der Waals surface area contributed by atoms with Crippen molar-refractivity contribution >= 4 is 16.1 Å². The monoisotopic (exact) mass is 534 g/mol. The van der Waals surface area contributed by atoms with Crippen molar-refractivity contribution in [3.05, 3.63) is 42.5 Å². The average molecular weight is 535 g/mol. The van der Waals surface area contributed by atoms with Crippen molar-refractivity contribution in [2.24, 2.45) is 28.1 Å². The molecule has 7 nitrogen and oxygen atoms in total. The second kappa shape index (κ2) is 9.78. The maximum Gasteiger partial charge on any atom is 0.333 e. The first-order chi connectivity index (χ1) is 17.2. The van der Waals surface area contributed by atoms with Crippen molar-refractivity contribution < 1.29 is 32.0 Å². The van der Waals surface area contributed by atoms with Crippen molar-refractivity contribution in [2.75, 3.05) is 6.61 Å². The highest BCUT2D eigenvalue weighted by molar-refractivity contribution is 7.86. The van der Waals surface area contributed by atoms with Gasteiger partial charge in [0.05, 0.1) is 23.2 Å². The van der Waals surface area contributed by atoms with Crippen molar-refractivity contribution in [3.63, 3.8) is 0 Å². The van der Waals surface area contributed by atoms with E-state index in [1.807, 2.05) is 13.8 Å². The molecule has 3 fully saturated rings. The predicted octanol–water partition coefficient (Wildman–Crippen LogP) is 4.81. The van der Waals surface area contributed by atoms with Crippen LogP contribution in [0.15, 0.2) is 41.8 Å². The lowest BCUT2D eigenvalue weighted by atomic mass is 9.53. The number of rotatable bonds is 8. The lowest BCUT2D eigenvalue weighted by Gasteiger charge is -2.53. The molecule has 0 radical (unpaired) electrons. The third-order valence-electron chi connectivity index (χ3n) is 9.95. The molecule has 206 valence electrons. The summed E-state index contributed by atoms with van der Waals surface area (Å²) in [4.78, 5) is 13.1. The quantitative estimate of drug-likeness (QED) is 0.221. The summed E-state index contributed by atoms with van der Waals surface area (Å²) in [5, 5.41) is 11.8. The number of esters is 1.